The van der Waals surface area contributed by atoms with Gasteiger partial charge in [-0.3, -0.25) is 0 Å². The number of hydrogen-bond donors (Lipinski definition) is 2. The summed E-state index contributed by atoms with van der Waals surface area (Å²) in [5.41, 5.74) is 12.1. The van der Waals surface area contributed by atoms with Crippen LogP contribution in [0.1, 0.15) is 11.6 Å². The molecule has 1 aromatic rings. The van der Waals surface area contributed by atoms with E-state index in [4.69, 9.17) is 11.5 Å². The fraction of sp³-hybridized carbons (Fsp3) is 0.333. The van der Waals surface area contributed by atoms with E-state index in [1.807, 2.05) is 16.8 Å². The topological polar surface area (TPSA) is 52.0 Å². The van der Waals surface area contributed by atoms with Gasteiger partial charge in [0, 0.05) is 12.6 Å². The highest BCUT2D eigenvalue weighted by Gasteiger charge is 2.00. The van der Waals surface area contributed by atoms with Crippen molar-refractivity contribution in [2.24, 2.45) is 11.5 Å². The highest BCUT2D eigenvalue weighted by molar-refractivity contribution is 7.07. The van der Waals surface area contributed by atoms with E-state index < -0.39 is 0 Å². The summed E-state index contributed by atoms with van der Waals surface area (Å²) in [7, 11) is 0. The van der Waals surface area contributed by atoms with Gasteiger partial charge in [0.25, 0.3) is 0 Å². The van der Waals surface area contributed by atoms with Crippen LogP contribution in [0.2, 0.25) is 0 Å². The maximum atomic E-state index is 5.62. The molecule has 58 valence electrons. The lowest BCUT2D eigenvalue weighted by atomic mass is 10.2. The van der Waals surface area contributed by atoms with Gasteiger partial charge in [0.15, 0.2) is 0 Å². The molecule has 0 radical (unpaired) electrons. The third-order valence-electron chi connectivity index (χ3n) is 1.23. The average Bonchev–Trinajstić information content (AvgIpc) is 2.37. The first kappa shape index (κ1) is 9.91. The number of halogens is 1. The van der Waals surface area contributed by atoms with Crippen molar-refractivity contribution in [3.8, 4) is 0 Å². The highest BCUT2D eigenvalue weighted by atomic mass is 35.5. The monoisotopic (exact) mass is 178 g/mol. The van der Waals surface area contributed by atoms with Crippen molar-refractivity contribution >= 4 is 23.7 Å². The molecule has 2 nitrogen and oxygen atoms in total. The predicted molar refractivity (Wildman–Crippen MR) is 47.5 cm³/mol. The fourth-order valence-corrected chi connectivity index (χ4v) is 1.35. The van der Waals surface area contributed by atoms with E-state index in [0.29, 0.717) is 6.54 Å². The molecule has 4 heteroatoms. The molecule has 1 heterocycles. The Morgan fingerprint density at radius 1 is 1.60 bits per heavy atom. The molecule has 1 aromatic heterocycles. The lowest BCUT2D eigenvalue weighted by Gasteiger charge is -2.03. The summed E-state index contributed by atoms with van der Waals surface area (Å²) < 4.78 is 0. The van der Waals surface area contributed by atoms with Crippen LogP contribution in [0.25, 0.3) is 0 Å². The Morgan fingerprint density at radius 3 is 2.70 bits per heavy atom. The van der Waals surface area contributed by atoms with Gasteiger partial charge in [-0.15, -0.1) is 12.4 Å². The molecule has 1 rings (SSSR count). The molecule has 0 spiro atoms. The first-order chi connectivity index (χ1) is 4.34. The van der Waals surface area contributed by atoms with Gasteiger partial charge in [-0.2, -0.15) is 11.3 Å². The van der Waals surface area contributed by atoms with E-state index in [1.165, 1.54) is 0 Å². The number of thiophene rings is 1. The van der Waals surface area contributed by atoms with Crippen molar-refractivity contribution in [2.45, 2.75) is 6.04 Å². The second-order valence-electron chi connectivity index (χ2n) is 1.90. The zero-order valence-electron chi connectivity index (χ0n) is 5.49. The molecule has 0 fully saturated rings. The van der Waals surface area contributed by atoms with E-state index in [9.17, 15) is 0 Å². The minimum absolute atomic E-state index is 0. The molecular formula is C6H11ClN2S. The van der Waals surface area contributed by atoms with E-state index in [-0.39, 0.29) is 18.4 Å². The summed E-state index contributed by atoms with van der Waals surface area (Å²) in [5.74, 6) is 0. The second kappa shape index (κ2) is 4.68. The van der Waals surface area contributed by atoms with Crippen LogP contribution in [0.4, 0.5) is 0 Å². The van der Waals surface area contributed by atoms with Crippen LogP contribution < -0.4 is 11.5 Å². The molecule has 0 saturated heterocycles. The Bertz CT molecular complexity index is 164. The van der Waals surface area contributed by atoms with Crippen LogP contribution in [0.3, 0.4) is 0 Å². The Labute approximate surface area is 70.6 Å². The zero-order chi connectivity index (χ0) is 6.69. The lowest BCUT2D eigenvalue weighted by molar-refractivity contribution is 0.740. The largest absolute Gasteiger partial charge is 0.329 e. The summed E-state index contributed by atoms with van der Waals surface area (Å²) in [6.45, 7) is 0.525. The quantitative estimate of drug-likeness (QED) is 0.714. The Hall–Kier alpha value is -0.0900. The van der Waals surface area contributed by atoms with Crippen LogP contribution in [0.5, 0.6) is 0 Å². The summed E-state index contributed by atoms with van der Waals surface area (Å²) in [6, 6.07) is 2.03. The van der Waals surface area contributed by atoms with Gasteiger partial charge in [0.2, 0.25) is 0 Å². The van der Waals surface area contributed by atoms with E-state index in [1.54, 1.807) is 11.3 Å². The molecule has 0 saturated carbocycles. The summed E-state index contributed by atoms with van der Waals surface area (Å²) in [4.78, 5) is 0. The minimum atomic E-state index is 0. The van der Waals surface area contributed by atoms with Gasteiger partial charge in [-0.05, 0) is 22.4 Å². The van der Waals surface area contributed by atoms with Gasteiger partial charge in [-0.25, -0.2) is 0 Å². The van der Waals surface area contributed by atoms with E-state index in [0.717, 1.165) is 5.56 Å². The van der Waals surface area contributed by atoms with Gasteiger partial charge in [-0.1, -0.05) is 0 Å². The lowest BCUT2D eigenvalue weighted by Crippen LogP contribution is -2.19. The molecule has 0 aliphatic rings. The second-order valence-corrected chi connectivity index (χ2v) is 2.68. The number of nitrogens with two attached hydrogens (primary N) is 2. The molecule has 0 aromatic carbocycles. The van der Waals surface area contributed by atoms with Crippen LogP contribution in [0.15, 0.2) is 16.8 Å². The number of hydrogen-bond acceptors (Lipinski definition) is 3. The Balaban J connectivity index is 0.000000810. The van der Waals surface area contributed by atoms with Crippen molar-refractivity contribution in [3.05, 3.63) is 22.4 Å². The smallest absolute Gasteiger partial charge is 0.0427 e. The van der Waals surface area contributed by atoms with Gasteiger partial charge in [0.05, 0.1) is 0 Å². The Morgan fingerprint density at radius 2 is 2.30 bits per heavy atom. The summed E-state index contributed by atoms with van der Waals surface area (Å²) in [6.07, 6.45) is 0. The van der Waals surface area contributed by atoms with Crippen LogP contribution >= 0.6 is 23.7 Å². The van der Waals surface area contributed by atoms with Crippen molar-refractivity contribution in [1.82, 2.24) is 0 Å². The summed E-state index contributed by atoms with van der Waals surface area (Å²) >= 11 is 1.65. The molecule has 0 aliphatic carbocycles. The SMILES string of the molecule is Cl.NC[C@H](N)c1ccsc1. The molecular weight excluding hydrogens is 168 g/mol. The molecule has 0 bridgehead atoms. The molecule has 4 N–H and O–H groups in total. The molecule has 0 amide bonds. The van der Waals surface area contributed by atoms with Crippen molar-refractivity contribution in [3.63, 3.8) is 0 Å². The molecule has 0 aliphatic heterocycles. The van der Waals surface area contributed by atoms with Gasteiger partial charge in [0.1, 0.15) is 0 Å². The van der Waals surface area contributed by atoms with Gasteiger partial charge < -0.3 is 11.5 Å². The van der Waals surface area contributed by atoms with Crippen LogP contribution in [-0.2, 0) is 0 Å². The Kier molecular flexibility index (Phi) is 4.64. The van der Waals surface area contributed by atoms with Crippen molar-refractivity contribution < 1.29 is 0 Å². The van der Waals surface area contributed by atoms with Crippen LogP contribution in [-0.4, -0.2) is 6.54 Å². The van der Waals surface area contributed by atoms with Crippen molar-refractivity contribution in [1.29, 1.82) is 0 Å². The first-order valence-electron chi connectivity index (χ1n) is 2.82. The maximum absolute atomic E-state index is 5.62. The third-order valence-corrected chi connectivity index (χ3v) is 1.93. The first-order valence-corrected chi connectivity index (χ1v) is 3.76. The van der Waals surface area contributed by atoms with E-state index >= 15 is 0 Å². The fourth-order valence-electron chi connectivity index (χ4n) is 0.622. The average molecular weight is 179 g/mol. The van der Waals surface area contributed by atoms with Crippen molar-refractivity contribution in [2.75, 3.05) is 6.54 Å². The minimum Gasteiger partial charge on any atom is -0.329 e. The molecule has 0 unspecified atom stereocenters. The predicted octanol–water partition coefficient (Wildman–Crippen LogP) is 1.13. The summed E-state index contributed by atoms with van der Waals surface area (Å²) in [5, 5.41) is 4.03. The standard InChI is InChI=1S/C6H10N2S.ClH/c7-3-6(8)5-1-2-9-4-5;/h1-2,4,6H,3,7-8H2;1H/t6-;/m0./s1. The zero-order valence-corrected chi connectivity index (χ0v) is 7.12. The molecule has 10 heavy (non-hydrogen) atoms. The third kappa shape index (κ3) is 2.27. The molecule has 1 atom stereocenters. The van der Waals surface area contributed by atoms with Gasteiger partial charge >= 0.3 is 0 Å². The normalized spacial score (nSPS) is 12.2. The highest BCUT2D eigenvalue weighted by Crippen LogP contribution is 2.11. The van der Waals surface area contributed by atoms with E-state index in [2.05, 4.69) is 0 Å². The number of rotatable bonds is 2. The van der Waals surface area contributed by atoms with Crippen LogP contribution in [0, 0.1) is 0 Å². The maximum Gasteiger partial charge on any atom is 0.0427 e.